The van der Waals surface area contributed by atoms with Gasteiger partial charge in [0.1, 0.15) is 0 Å². The van der Waals surface area contributed by atoms with Crippen LogP contribution in [0.2, 0.25) is 0 Å². The number of para-hydroxylation sites is 2. The molecule has 0 aliphatic rings. The van der Waals surface area contributed by atoms with Crippen LogP contribution in [0.5, 0.6) is 0 Å². The lowest BCUT2D eigenvalue weighted by molar-refractivity contribution is 0.830. The Morgan fingerprint density at radius 1 is 0.926 bits per heavy atom. The van der Waals surface area contributed by atoms with E-state index in [1.54, 1.807) is 6.20 Å². The molecule has 0 amide bonds. The van der Waals surface area contributed by atoms with Crippen LogP contribution >= 0.6 is 12.2 Å². The second-order valence-electron chi connectivity index (χ2n) is 6.12. The third-order valence-corrected chi connectivity index (χ3v) is 4.47. The van der Waals surface area contributed by atoms with Crippen molar-refractivity contribution >= 4 is 34.3 Å². The van der Waals surface area contributed by atoms with Crippen molar-refractivity contribution in [1.29, 1.82) is 0 Å². The summed E-state index contributed by atoms with van der Waals surface area (Å²) in [6.45, 7) is 1.28. The number of nitrogens with one attached hydrogen (secondary N) is 2. The Balaban J connectivity index is 1.55. The van der Waals surface area contributed by atoms with Gasteiger partial charge >= 0.3 is 0 Å². The summed E-state index contributed by atoms with van der Waals surface area (Å²) in [4.78, 5) is 9.01. The minimum Gasteiger partial charge on any atom is -0.357 e. The molecule has 6 heteroatoms. The number of nitrogens with zero attached hydrogens (tertiary/aromatic N) is 3. The van der Waals surface area contributed by atoms with Gasteiger partial charge in [0.05, 0.1) is 29.8 Å². The molecule has 5 nitrogen and oxygen atoms in total. The molecule has 27 heavy (non-hydrogen) atoms. The van der Waals surface area contributed by atoms with Crippen LogP contribution in [0.1, 0.15) is 11.3 Å². The predicted octanol–water partition coefficient (Wildman–Crippen LogP) is 3.97. The predicted molar refractivity (Wildman–Crippen MR) is 113 cm³/mol. The van der Waals surface area contributed by atoms with E-state index in [0.29, 0.717) is 18.2 Å². The fraction of sp³-hybridized carbons (Fsp3) is 0.0952. The Hall–Kier alpha value is -3.25. The minimum absolute atomic E-state index is 0.519. The molecule has 0 aliphatic carbocycles. The van der Waals surface area contributed by atoms with E-state index >= 15 is 0 Å². The van der Waals surface area contributed by atoms with Gasteiger partial charge in [-0.3, -0.25) is 4.98 Å². The summed E-state index contributed by atoms with van der Waals surface area (Å²) in [5.41, 5.74) is 4.13. The molecule has 2 N–H and O–H groups in total. The molecule has 134 valence electrons. The van der Waals surface area contributed by atoms with E-state index in [4.69, 9.17) is 17.2 Å². The van der Waals surface area contributed by atoms with E-state index in [1.165, 1.54) is 5.56 Å². The minimum atomic E-state index is 0.519. The second-order valence-corrected chi connectivity index (χ2v) is 6.53. The van der Waals surface area contributed by atoms with Gasteiger partial charge in [-0.2, -0.15) is 0 Å². The van der Waals surface area contributed by atoms with E-state index < -0.39 is 0 Å². The summed E-state index contributed by atoms with van der Waals surface area (Å²) < 4.78 is 2.14. The molecule has 0 unspecified atom stereocenters. The highest BCUT2D eigenvalue weighted by Gasteiger charge is 2.12. The number of anilines is 1. The summed E-state index contributed by atoms with van der Waals surface area (Å²) in [5, 5.41) is 6.94. The highest BCUT2D eigenvalue weighted by molar-refractivity contribution is 7.80. The van der Waals surface area contributed by atoms with Crippen LogP contribution in [0.4, 0.5) is 5.95 Å². The molecule has 0 saturated carbocycles. The topological polar surface area (TPSA) is 54.8 Å². The van der Waals surface area contributed by atoms with Crippen LogP contribution in [0.15, 0.2) is 79.0 Å². The van der Waals surface area contributed by atoms with Gasteiger partial charge in [-0.25, -0.2) is 4.98 Å². The summed E-state index contributed by atoms with van der Waals surface area (Å²) in [6, 6.07) is 24.2. The second kappa shape index (κ2) is 7.97. The van der Waals surface area contributed by atoms with Crippen LogP contribution < -0.4 is 10.6 Å². The zero-order valence-electron chi connectivity index (χ0n) is 14.7. The zero-order valence-corrected chi connectivity index (χ0v) is 15.5. The molecule has 0 spiro atoms. The third-order valence-electron chi connectivity index (χ3n) is 4.22. The van der Waals surface area contributed by atoms with E-state index in [-0.39, 0.29) is 0 Å². The van der Waals surface area contributed by atoms with Crippen molar-refractivity contribution in [2.24, 2.45) is 0 Å². The molecule has 4 rings (SSSR count). The molecule has 0 bridgehead atoms. The lowest BCUT2D eigenvalue weighted by Gasteiger charge is -2.13. The zero-order chi connectivity index (χ0) is 18.5. The average molecular weight is 373 g/mol. The van der Waals surface area contributed by atoms with Crippen molar-refractivity contribution in [2.45, 2.75) is 13.1 Å². The molecule has 0 radical (unpaired) electrons. The third kappa shape index (κ3) is 4.12. The lowest BCUT2D eigenvalue weighted by Crippen LogP contribution is -2.29. The first kappa shape index (κ1) is 17.2. The summed E-state index contributed by atoms with van der Waals surface area (Å²) in [7, 11) is 0. The maximum atomic E-state index is 5.46. The normalized spacial score (nSPS) is 10.7. The number of hydrogen-bond acceptors (Lipinski definition) is 3. The van der Waals surface area contributed by atoms with Gasteiger partial charge in [-0.1, -0.05) is 48.5 Å². The SMILES string of the molecule is S=C(NCc1ccccn1)Nc1nc2ccccc2n1Cc1ccccc1. The number of thiocarbonyl (C=S) groups is 1. The summed E-state index contributed by atoms with van der Waals surface area (Å²) in [5.74, 6) is 0.721. The van der Waals surface area contributed by atoms with Crippen molar-refractivity contribution in [3.05, 3.63) is 90.3 Å². The average Bonchev–Trinajstić information content (AvgIpc) is 3.05. The molecule has 2 aromatic heterocycles. The van der Waals surface area contributed by atoms with Crippen LogP contribution in [-0.4, -0.2) is 19.6 Å². The number of aromatic nitrogens is 3. The van der Waals surface area contributed by atoms with Crippen LogP contribution in [0, 0.1) is 0 Å². The van der Waals surface area contributed by atoms with Gasteiger partial charge < -0.3 is 15.2 Å². The molecule has 4 aromatic rings. The molecule has 0 aliphatic heterocycles. The molecular formula is C21H19N5S. The van der Waals surface area contributed by atoms with Gasteiger partial charge in [0, 0.05) is 6.20 Å². The fourth-order valence-corrected chi connectivity index (χ4v) is 3.08. The van der Waals surface area contributed by atoms with Gasteiger partial charge in [-0.05, 0) is 42.0 Å². The quantitative estimate of drug-likeness (QED) is 0.519. The Morgan fingerprint density at radius 2 is 1.70 bits per heavy atom. The highest BCUT2D eigenvalue weighted by Crippen LogP contribution is 2.21. The van der Waals surface area contributed by atoms with Crippen molar-refractivity contribution in [1.82, 2.24) is 19.9 Å². The number of benzene rings is 2. The number of rotatable bonds is 5. The van der Waals surface area contributed by atoms with Crippen molar-refractivity contribution in [3.8, 4) is 0 Å². The monoisotopic (exact) mass is 373 g/mol. The van der Waals surface area contributed by atoms with Gasteiger partial charge in [0.2, 0.25) is 5.95 Å². The van der Waals surface area contributed by atoms with Crippen LogP contribution in [0.25, 0.3) is 11.0 Å². The van der Waals surface area contributed by atoms with E-state index in [2.05, 4.69) is 38.4 Å². The smallest absolute Gasteiger partial charge is 0.210 e. The van der Waals surface area contributed by atoms with E-state index in [9.17, 15) is 0 Å². The number of fused-ring (bicyclic) bond motifs is 1. The van der Waals surface area contributed by atoms with E-state index in [1.807, 2.05) is 54.6 Å². The first-order chi connectivity index (χ1) is 13.3. The van der Waals surface area contributed by atoms with Crippen LogP contribution in [-0.2, 0) is 13.1 Å². The van der Waals surface area contributed by atoms with Crippen LogP contribution in [0.3, 0.4) is 0 Å². The van der Waals surface area contributed by atoms with Crippen molar-refractivity contribution in [3.63, 3.8) is 0 Å². The lowest BCUT2D eigenvalue weighted by atomic mass is 10.2. The molecule has 0 atom stereocenters. The fourth-order valence-electron chi connectivity index (χ4n) is 2.92. The van der Waals surface area contributed by atoms with Gasteiger partial charge in [-0.15, -0.1) is 0 Å². The summed E-state index contributed by atoms with van der Waals surface area (Å²) >= 11 is 5.46. The van der Waals surface area contributed by atoms with Gasteiger partial charge in [0.25, 0.3) is 0 Å². The highest BCUT2D eigenvalue weighted by atomic mass is 32.1. The largest absolute Gasteiger partial charge is 0.357 e. The molecule has 2 heterocycles. The Kier molecular flexibility index (Phi) is 5.07. The summed E-state index contributed by atoms with van der Waals surface area (Å²) in [6.07, 6.45) is 1.77. The number of pyridine rings is 1. The van der Waals surface area contributed by atoms with Crippen molar-refractivity contribution < 1.29 is 0 Å². The number of imidazole rings is 1. The van der Waals surface area contributed by atoms with Gasteiger partial charge in [0.15, 0.2) is 5.11 Å². The number of hydrogen-bond donors (Lipinski definition) is 2. The van der Waals surface area contributed by atoms with Crippen molar-refractivity contribution in [2.75, 3.05) is 5.32 Å². The maximum Gasteiger partial charge on any atom is 0.210 e. The molecule has 0 saturated heterocycles. The Labute approximate surface area is 163 Å². The first-order valence-electron chi connectivity index (χ1n) is 8.73. The Morgan fingerprint density at radius 3 is 2.52 bits per heavy atom. The molecule has 0 fully saturated rings. The molecule has 2 aromatic carbocycles. The standard InChI is InChI=1S/C21H19N5S/c27-21(23-14-17-10-6-7-13-22-17)25-20-24-18-11-4-5-12-19(18)26(20)15-16-8-2-1-3-9-16/h1-13H,14-15H2,(H2,23,24,25,27). The van der Waals surface area contributed by atoms with E-state index in [0.717, 1.165) is 22.7 Å². The first-order valence-corrected chi connectivity index (χ1v) is 9.14. The maximum absolute atomic E-state index is 5.46. The Bertz CT molecular complexity index is 1040. The molecular weight excluding hydrogens is 354 g/mol.